The largest absolute Gasteiger partial charge is 0.381 e. The van der Waals surface area contributed by atoms with E-state index in [1.807, 2.05) is 37.3 Å². The summed E-state index contributed by atoms with van der Waals surface area (Å²) < 4.78 is 1.02. The molecular formula is C20H14ClN7OS. The number of hydrogen-bond donors (Lipinski definition) is 3. The van der Waals surface area contributed by atoms with E-state index in [0.717, 1.165) is 26.7 Å². The lowest BCUT2D eigenvalue weighted by Gasteiger charge is -2.10. The van der Waals surface area contributed by atoms with Crippen LogP contribution < -0.4 is 16.0 Å². The zero-order valence-electron chi connectivity index (χ0n) is 15.7. The third-order valence-electron chi connectivity index (χ3n) is 4.82. The van der Waals surface area contributed by atoms with Gasteiger partial charge in [0.15, 0.2) is 5.82 Å². The van der Waals surface area contributed by atoms with Crippen molar-refractivity contribution in [2.45, 2.75) is 13.0 Å². The Hall–Kier alpha value is -3.48. The van der Waals surface area contributed by atoms with Gasteiger partial charge in [-0.05, 0) is 42.8 Å². The number of anilines is 3. The number of carbonyl (C=O) groups excluding carboxylic acids is 1. The third-order valence-corrected chi connectivity index (χ3v) is 6.15. The molecule has 0 aliphatic carbocycles. The van der Waals surface area contributed by atoms with Gasteiger partial charge in [0.05, 0.1) is 17.4 Å². The van der Waals surface area contributed by atoms with Crippen LogP contribution in [0.1, 0.15) is 22.2 Å². The van der Waals surface area contributed by atoms with Gasteiger partial charge in [-0.2, -0.15) is 10.2 Å². The minimum absolute atomic E-state index is 0.0403. The second-order valence-corrected chi connectivity index (χ2v) is 8.29. The molecule has 10 heteroatoms. The Morgan fingerprint density at radius 2 is 2.17 bits per heavy atom. The molecule has 0 saturated carbocycles. The van der Waals surface area contributed by atoms with Crippen molar-refractivity contribution in [3.8, 4) is 6.07 Å². The molecule has 0 bridgehead atoms. The normalized spacial score (nSPS) is 15.8. The monoisotopic (exact) mass is 435 g/mol. The van der Waals surface area contributed by atoms with Crippen LogP contribution in [0.25, 0.3) is 21.0 Å². The predicted molar refractivity (Wildman–Crippen MR) is 118 cm³/mol. The highest BCUT2D eigenvalue weighted by Gasteiger charge is 2.24. The van der Waals surface area contributed by atoms with Crippen molar-refractivity contribution >= 4 is 67.2 Å². The van der Waals surface area contributed by atoms with E-state index in [2.05, 4.69) is 30.9 Å². The van der Waals surface area contributed by atoms with Gasteiger partial charge in [0, 0.05) is 28.1 Å². The second kappa shape index (κ2) is 7.09. The van der Waals surface area contributed by atoms with E-state index < -0.39 is 0 Å². The number of aromatic nitrogens is 3. The highest BCUT2D eigenvalue weighted by molar-refractivity contribution is 7.21. The summed E-state index contributed by atoms with van der Waals surface area (Å²) in [5.41, 5.74) is 1.87. The van der Waals surface area contributed by atoms with Crippen LogP contribution in [0.4, 0.5) is 17.3 Å². The number of benzene rings is 1. The molecule has 1 aliphatic heterocycles. The van der Waals surface area contributed by atoms with Crippen LogP contribution in [0.2, 0.25) is 5.28 Å². The fraction of sp³-hybridized carbons (Fsp3) is 0.150. The summed E-state index contributed by atoms with van der Waals surface area (Å²) in [6.45, 7) is 2.62. The first-order valence-electron chi connectivity index (χ1n) is 9.14. The number of amides is 1. The van der Waals surface area contributed by atoms with Gasteiger partial charge in [-0.1, -0.05) is 0 Å². The topological polar surface area (TPSA) is 116 Å². The maximum atomic E-state index is 12.6. The van der Waals surface area contributed by atoms with Gasteiger partial charge in [0.1, 0.15) is 22.3 Å². The van der Waals surface area contributed by atoms with Gasteiger partial charge in [0.2, 0.25) is 5.28 Å². The molecule has 0 radical (unpaired) electrons. The molecule has 3 aromatic heterocycles. The summed E-state index contributed by atoms with van der Waals surface area (Å²) in [5, 5.41) is 20.7. The van der Waals surface area contributed by atoms with Crippen molar-refractivity contribution in [1.29, 1.82) is 5.26 Å². The van der Waals surface area contributed by atoms with E-state index in [4.69, 9.17) is 11.6 Å². The van der Waals surface area contributed by atoms with E-state index >= 15 is 0 Å². The van der Waals surface area contributed by atoms with Crippen LogP contribution in [-0.2, 0) is 0 Å². The fourth-order valence-electron chi connectivity index (χ4n) is 3.45. The molecule has 3 N–H and O–H groups in total. The Morgan fingerprint density at radius 1 is 1.30 bits per heavy atom. The molecule has 4 aromatic rings. The van der Waals surface area contributed by atoms with E-state index in [-0.39, 0.29) is 22.8 Å². The standard InChI is InChI=1S/C20H14ClN7OS/c1-9-7-23-16-15-11-2-5-14(27-18-10(6-22)8-24-20(21)28-18)26-12(11)3-4-13(15)30-17(16)19(29)25-9/h2-5,8-9,23H,7H2,1H3,(H,25,29)(H,24,26,27,28)/t9-/m1/s1. The molecule has 0 unspecified atom stereocenters. The number of nitrogens with zero attached hydrogens (tertiary/aromatic N) is 4. The zero-order valence-corrected chi connectivity index (χ0v) is 17.2. The number of thiophene rings is 1. The van der Waals surface area contributed by atoms with E-state index in [1.54, 1.807) is 0 Å². The van der Waals surface area contributed by atoms with Crippen LogP contribution in [0, 0.1) is 11.3 Å². The first-order chi connectivity index (χ1) is 14.5. The van der Waals surface area contributed by atoms with Gasteiger partial charge >= 0.3 is 0 Å². The summed E-state index contributed by atoms with van der Waals surface area (Å²) in [5.74, 6) is 0.753. The lowest BCUT2D eigenvalue weighted by atomic mass is 10.1. The Bertz CT molecular complexity index is 1380. The zero-order chi connectivity index (χ0) is 20.8. The Morgan fingerprint density at radius 3 is 3.00 bits per heavy atom. The van der Waals surface area contributed by atoms with E-state index in [9.17, 15) is 10.1 Å². The number of carbonyl (C=O) groups is 1. The SMILES string of the molecule is C[C@@H]1CNc2c(sc3ccc4nc(Nc5nc(Cl)ncc5C#N)ccc4c23)C(=O)N1. The van der Waals surface area contributed by atoms with Crippen LogP contribution in [0.5, 0.6) is 0 Å². The molecule has 1 aromatic carbocycles. The van der Waals surface area contributed by atoms with Gasteiger partial charge in [-0.3, -0.25) is 4.79 Å². The maximum absolute atomic E-state index is 12.6. The van der Waals surface area contributed by atoms with Crippen LogP contribution in [0.15, 0.2) is 30.5 Å². The summed E-state index contributed by atoms with van der Waals surface area (Å²) in [7, 11) is 0. The molecule has 148 valence electrons. The van der Waals surface area contributed by atoms with E-state index in [0.29, 0.717) is 23.1 Å². The number of pyridine rings is 1. The van der Waals surface area contributed by atoms with E-state index in [1.165, 1.54) is 17.5 Å². The molecule has 5 rings (SSSR count). The predicted octanol–water partition coefficient (Wildman–Crippen LogP) is 4.05. The highest BCUT2D eigenvalue weighted by Crippen LogP contribution is 2.41. The lowest BCUT2D eigenvalue weighted by Crippen LogP contribution is -2.34. The number of fused-ring (bicyclic) bond motifs is 5. The second-order valence-electron chi connectivity index (χ2n) is 6.90. The van der Waals surface area contributed by atoms with Crippen molar-refractivity contribution in [2.75, 3.05) is 17.2 Å². The molecule has 8 nitrogen and oxygen atoms in total. The first-order valence-corrected chi connectivity index (χ1v) is 10.3. The van der Waals surface area contributed by atoms with Crippen LogP contribution >= 0.6 is 22.9 Å². The van der Waals surface area contributed by atoms with Crippen molar-refractivity contribution in [2.24, 2.45) is 0 Å². The minimum Gasteiger partial charge on any atom is -0.381 e. The van der Waals surface area contributed by atoms with Crippen molar-refractivity contribution < 1.29 is 4.79 Å². The van der Waals surface area contributed by atoms with Crippen molar-refractivity contribution in [3.05, 3.63) is 46.2 Å². The van der Waals surface area contributed by atoms with Gasteiger partial charge in [-0.15, -0.1) is 11.3 Å². The maximum Gasteiger partial charge on any atom is 0.263 e. The quantitative estimate of drug-likeness (QED) is 0.407. The van der Waals surface area contributed by atoms with Crippen LogP contribution in [0.3, 0.4) is 0 Å². The molecule has 0 saturated heterocycles. The number of nitriles is 1. The molecule has 1 aliphatic rings. The molecule has 0 spiro atoms. The summed E-state index contributed by atoms with van der Waals surface area (Å²) >= 11 is 7.33. The molecule has 4 heterocycles. The lowest BCUT2D eigenvalue weighted by molar-refractivity contribution is 0.0949. The van der Waals surface area contributed by atoms with Gasteiger partial charge in [-0.25, -0.2) is 9.97 Å². The van der Waals surface area contributed by atoms with Crippen molar-refractivity contribution in [3.63, 3.8) is 0 Å². The number of halogens is 1. The molecular weight excluding hydrogens is 422 g/mol. The summed E-state index contributed by atoms with van der Waals surface area (Å²) in [6.07, 6.45) is 1.36. The Labute approximate surface area is 179 Å². The highest BCUT2D eigenvalue weighted by atomic mass is 35.5. The number of nitrogens with one attached hydrogen (secondary N) is 3. The average molecular weight is 436 g/mol. The number of hydrogen-bond acceptors (Lipinski definition) is 8. The Balaban J connectivity index is 1.62. The van der Waals surface area contributed by atoms with Gasteiger partial charge in [0.25, 0.3) is 5.91 Å². The molecule has 30 heavy (non-hydrogen) atoms. The molecule has 1 atom stereocenters. The van der Waals surface area contributed by atoms with Crippen LogP contribution in [-0.4, -0.2) is 33.4 Å². The Kier molecular flexibility index (Phi) is 4.38. The minimum atomic E-state index is -0.0623. The summed E-state index contributed by atoms with van der Waals surface area (Å²) in [4.78, 5) is 25.8. The fourth-order valence-corrected chi connectivity index (χ4v) is 4.69. The van der Waals surface area contributed by atoms with Gasteiger partial charge < -0.3 is 16.0 Å². The smallest absolute Gasteiger partial charge is 0.263 e. The third kappa shape index (κ3) is 3.07. The number of rotatable bonds is 2. The summed E-state index contributed by atoms with van der Waals surface area (Å²) in [6, 6.07) is 9.71. The average Bonchev–Trinajstić information content (AvgIpc) is 3.05. The molecule has 1 amide bonds. The molecule has 0 fully saturated rings. The van der Waals surface area contributed by atoms with Crippen molar-refractivity contribution in [1.82, 2.24) is 20.3 Å². The first kappa shape index (κ1) is 18.5.